The van der Waals surface area contributed by atoms with Gasteiger partial charge in [0.2, 0.25) is 0 Å². The molecule has 0 spiro atoms. The van der Waals surface area contributed by atoms with Gasteiger partial charge < -0.3 is 0 Å². The third-order valence-corrected chi connectivity index (χ3v) is 3.23. The van der Waals surface area contributed by atoms with Crippen LogP contribution in [0.1, 0.15) is 18.9 Å². The van der Waals surface area contributed by atoms with Crippen LogP contribution in [-0.2, 0) is 6.54 Å². The summed E-state index contributed by atoms with van der Waals surface area (Å²) in [6.07, 6.45) is 1.36. The summed E-state index contributed by atoms with van der Waals surface area (Å²) < 4.78 is 1.18. The molecule has 70 valence electrons. The number of hydrogen-bond donors (Lipinski definition) is 0. The SMILES string of the molecule is CC1CCN1Cc1cccc(Br)c1. The molecule has 0 aliphatic carbocycles. The lowest BCUT2D eigenvalue weighted by Gasteiger charge is -2.38. The van der Waals surface area contributed by atoms with E-state index < -0.39 is 0 Å². The van der Waals surface area contributed by atoms with Crippen molar-refractivity contribution in [1.29, 1.82) is 0 Å². The molecule has 1 unspecified atom stereocenters. The Kier molecular flexibility index (Phi) is 2.70. The van der Waals surface area contributed by atoms with Crippen molar-refractivity contribution in [3.05, 3.63) is 34.3 Å². The second kappa shape index (κ2) is 3.81. The Morgan fingerprint density at radius 2 is 2.38 bits per heavy atom. The number of benzene rings is 1. The van der Waals surface area contributed by atoms with Crippen molar-refractivity contribution in [1.82, 2.24) is 4.90 Å². The molecule has 1 aliphatic heterocycles. The first-order valence-electron chi connectivity index (χ1n) is 4.74. The minimum absolute atomic E-state index is 0.777. The lowest BCUT2D eigenvalue weighted by atomic mass is 10.0. The van der Waals surface area contributed by atoms with E-state index in [4.69, 9.17) is 0 Å². The smallest absolute Gasteiger partial charge is 0.0236 e. The van der Waals surface area contributed by atoms with Gasteiger partial charge in [0.05, 0.1) is 0 Å². The lowest BCUT2D eigenvalue weighted by Crippen LogP contribution is -2.44. The van der Waals surface area contributed by atoms with Crippen molar-refractivity contribution in [3.8, 4) is 0 Å². The van der Waals surface area contributed by atoms with Gasteiger partial charge in [-0.05, 0) is 31.0 Å². The molecular formula is C11H14BrN. The van der Waals surface area contributed by atoms with Crippen LogP contribution < -0.4 is 0 Å². The van der Waals surface area contributed by atoms with E-state index in [-0.39, 0.29) is 0 Å². The van der Waals surface area contributed by atoms with E-state index in [0.717, 1.165) is 12.6 Å². The number of rotatable bonds is 2. The Morgan fingerprint density at radius 3 is 2.92 bits per heavy atom. The first kappa shape index (κ1) is 9.22. The van der Waals surface area contributed by atoms with Crippen LogP contribution in [0.25, 0.3) is 0 Å². The molecule has 1 saturated heterocycles. The normalized spacial score (nSPS) is 22.8. The Hall–Kier alpha value is -0.340. The second-order valence-corrected chi connectivity index (χ2v) is 4.65. The average molecular weight is 240 g/mol. The summed E-state index contributed by atoms with van der Waals surface area (Å²) in [5, 5.41) is 0. The minimum Gasteiger partial charge on any atom is -0.296 e. The molecule has 1 heterocycles. The van der Waals surface area contributed by atoms with Gasteiger partial charge in [-0.3, -0.25) is 4.90 Å². The van der Waals surface area contributed by atoms with Crippen LogP contribution in [0.2, 0.25) is 0 Å². The first-order valence-corrected chi connectivity index (χ1v) is 5.53. The van der Waals surface area contributed by atoms with Crippen LogP contribution in [0.5, 0.6) is 0 Å². The van der Waals surface area contributed by atoms with Crippen LogP contribution in [0, 0.1) is 0 Å². The van der Waals surface area contributed by atoms with E-state index in [1.54, 1.807) is 0 Å². The van der Waals surface area contributed by atoms with Gasteiger partial charge in [-0.25, -0.2) is 0 Å². The predicted octanol–water partition coefficient (Wildman–Crippen LogP) is 3.04. The maximum Gasteiger partial charge on any atom is 0.0236 e. The number of hydrogen-bond acceptors (Lipinski definition) is 1. The summed E-state index contributed by atoms with van der Waals surface area (Å²) in [4.78, 5) is 2.50. The third-order valence-electron chi connectivity index (χ3n) is 2.73. The summed E-state index contributed by atoms with van der Waals surface area (Å²) >= 11 is 3.49. The van der Waals surface area contributed by atoms with Crippen molar-refractivity contribution in [3.63, 3.8) is 0 Å². The first-order chi connectivity index (χ1) is 6.25. The molecule has 0 radical (unpaired) electrons. The van der Waals surface area contributed by atoms with Gasteiger partial charge in [0, 0.05) is 23.6 Å². The summed E-state index contributed by atoms with van der Waals surface area (Å²) in [5.74, 6) is 0. The summed E-state index contributed by atoms with van der Waals surface area (Å²) in [6, 6.07) is 9.34. The van der Waals surface area contributed by atoms with E-state index in [0.29, 0.717) is 0 Å². The summed E-state index contributed by atoms with van der Waals surface area (Å²) in [5.41, 5.74) is 1.40. The molecule has 0 amide bonds. The zero-order valence-corrected chi connectivity index (χ0v) is 9.42. The molecule has 1 aliphatic rings. The third kappa shape index (κ3) is 2.12. The Labute approximate surface area is 87.9 Å². The van der Waals surface area contributed by atoms with Crippen LogP contribution in [0.15, 0.2) is 28.7 Å². The van der Waals surface area contributed by atoms with Gasteiger partial charge in [0.25, 0.3) is 0 Å². The molecule has 0 N–H and O–H groups in total. The Bertz CT molecular complexity index is 298. The lowest BCUT2D eigenvalue weighted by molar-refractivity contribution is 0.0959. The highest BCUT2D eigenvalue weighted by atomic mass is 79.9. The van der Waals surface area contributed by atoms with Gasteiger partial charge in [-0.2, -0.15) is 0 Å². The fourth-order valence-electron chi connectivity index (χ4n) is 1.67. The number of likely N-dealkylation sites (tertiary alicyclic amines) is 1. The molecule has 0 aromatic heterocycles. The number of halogens is 1. The van der Waals surface area contributed by atoms with Crippen molar-refractivity contribution in [2.45, 2.75) is 25.9 Å². The minimum atomic E-state index is 0.777. The Morgan fingerprint density at radius 1 is 1.54 bits per heavy atom. The maximum absolute atomic E-state index is 3.49. The zero-order valence-electron chi connectivity index (χ0n) is 7.83. The topological polar surface area (TPSA) is 3.24 Å². The van der Waals surface area contributed by atoms with E-state index in [9.17, 15) is 0 Å². The van der Waals surface area contributed by atoms with Gasteiger partial charge in [-0.1, -0.05) is 28.1 Å². The van der Waals surface area contributed by atoms with E-state index >= 15 is 0 Å². The molecule has 2 heteroatoms. The monoisotopic (exact) mass is 239 g/mol. The Balaban J connectivity index is 2.01. The van der Waals surface area contributed by atoms with Crippen LogP contribution in [0.4, 0.5) is 0 Å². The van der Waals surface area contributed by atoms with Crippen molar-refractivity contribution in [2.24, 2.45) is 0 Å². The van der Waals surface area contributed by atoms with Gasteiger partial charge in [0.15, 0.2) is 0 Å². The summed E-state index contributed by atoms with van der Waals surface area (Å²) in [7, 11) is 0. The standard InChI is InChI=1S/C11H14BrN/c1-9-5-6-13(9)8-10-3-2-4-11(12)7-10/h2-4,7,9H,5-6,8H2,1H3. The average Bonchev–Trinajstić information content (AvgIpc) is 2.12. The fraction of sp³-hybridized carbons (Fsp3) is 0.455. The van der Waals surface area contributed by atoms with E-state index in [1.165, 1.54) is 23.0 Å². The maximum atomic E-state index is 3.49. The van der Waals surface area contributed by atoms with Gasteiger partial charge in [-0.15, -0.1) is 0 Å². The highest BCUT2D eigenvalue weighted by Crippen LogP contribution is 2.21. The molecule has 1 fully saturated rings. The molecule has 2 rings (SSSR count). The van der Waals surface area contributed by atoms with Crippen LogP contribution >= 0.6 is 15.9 Å². The van der Waals surface area contributed by atoms with Gasteiger partial charge >= 0.3 is 0 Å². The highest BCUT2D eigenvalue weighted by Gasteiger charge is 2.22. The molecule has 1 atom stereocenters. The number of nitrogens with zero attached hydrogens (tertiary/aromatic N) is 1. The largest absolute Gasteiger partial charge is 0.296 e. The van der Waals surface area contributed by atoms with E-state index in [2.05, 4.69) is 52.0 Å². The van der Waals surface area contributed by atoms with E-state index in [1.807, 2.05) is 0 Å². The fourth-order valence-corrected chi connectivity index (χ4v) is 2.12. The molecule has 1 aromatic carbocycles. The molecular weight excluding hydrogens is 226 g/mol. The van der Waals surface area contributed by atoms with Gasteiger partial charge in [0.1, 0.15) is 0 Å². The summed E-state index contributed by atoms with van der Waals surface area (Å²) in [6.45, 7) is 4.65. The quantitative estimate of drug-likeness (QED) is 0.767. The zero-order chi connectivity index (χ0) is 9.26. The van der Waals surface area contributed by atoms with Crippen molar-refractivity contribution >= 4 is 15.9 Å². The highest BCUT2D eigenvalue weighted by molar-refractivity contribution is 9.10. The predicted molar refractivity (Wildman–Crippen MR) is 58.6 cm³/mol. The molecule has 0 saturated carbocycles. The van der Waals surface area contributed by atoms with Crippen molar-refractivity contribution in [2.75, 3.05) is 6.54 Å². The molecule has 1 aromatic rings. The molecule has 1 nitrogen and oxygen atoms in total. The molecule has 0 bridgehead atoms. The molecule has 13 heavy (non-hydrogen) atoms. The van der Waals surface area contributed by atoms with Crippen LogP contribution in [0.3, 0.4) is 0 Å². The van der Waals surface area contributed by atoms with Crippen molar-refractivity contribution < 1.29 is 0 Å². The second-order valence-electron chi connectivity index (χ2n) is 3.74. The van der Waals surface area contributed by atoms with Crippen LogP contribution in [-0.4, -0.2) is 17.5 Å².